The fourth-order valence-corrected chi connectivity index (χ4v) is 4.43. The molecule has 0 unspecified atom stereocenters. The fraction of sp³-hybridized carbons (Fsp3) is 0.278. The minimum absolute atomic E-state index is 0.107. The summed E-state index contributed by atoms with van der Waals surface area (Å²) in [7, 11) is 1.30. The molecule has 8 heteroatoms. The minimum atomic E-state index is -1.07. The fourth-order valence-electron chi connectivity index (χ4n) is 3.04. The van der Waals surface area contributed by atoms with Crippen LogP contribution in [0.1, 0.15) is 30.1 Å². The zero-order valence-electron chi connectivity index (χ0n) is 14.4. The van der Waals surface area contributed by atoms with Gasteiger partial charge in [-0.05, 0) is 24.8 Å². The first kappa shape index (κ1) is 18.6. The van der Waals surface area contributed by atoms with Crippen LogP contribution in [0.2, 0.25) is 0 Å². The maximum atomic E-state index is 15.1. The first-order valence-electron chi connectivity index (χ1n) is 7.71. The second-order valence-electron chi connectivity index (χ2n) is 5.76. The number of allylic oxidation sites excluding steroid dienone is 4. The van der Waals surface area contributed by atoms with Crippen molar-refractivity contribution in [3.8, 4) is 0 Å². The third-order valence-corrected chi connectivity index (χ3v) is 6.24. The van der Waals surface area contributed by atoms with Crippen molar-refractivity contribution < 1.29 is 23.8 Å². The van der Waals surface area contributed by atoms with Gasteiger partial charge in [-0.15, -0.1) is 23.1 Å². The Hall–Kier alpha value is -2.19. The van der Waals surface area contributed by atoms with E-state index in [1.54, 1.807) is 18.4 Å². The first-order valence-corrected chi connectivity index (χ1v) is 9.82. The predicted octanol–water partition coefficient (Wildman–Crippen LogP) is 4.38. The van der Waals surface area contributed by atoms with Crippen LogP contribution in [0.4, 0.5) is 4.39 Å². The summed E-state index contributed by atoms with van der Waals surface area (Å²) in [6.45, 7) is 1.64. The van der Waals surface area contributed by atoms with E-state index >= 15 is 4.39 Å². The topological polar surface area (TPSA) is 76.0 Å². The highest BCUT2D eigenvalue weighted by atomic mass is 32.2. The van der Waals surface area contributed by atoms with Crippen LogP contribution in [0.25, 0.3) is 0 Å². The zero-order valence-corrected chi connectivity index (χ0v) is 16.0. The Kier molecular flexibility index (Phi) is 5.15. The molecule has 0 saturated heterocycles. The smallest absolute Gasteiger partial charge is 0.307 e. The van der Waals surface area contributed by atoms with Gasteiger partial charge < -0.3 is 9.84 Å². The van der Waals surface area contributed by atoms with Crippen molar-refractivity contribution in [2.24, 2.45) is 4.99 Å². The molecule has 1 N–H and O–H groups in total. The molecule has 0 fully saturated rings. The number of ether oxygens (including phenoxy) is 1. The Morgan fingerprint density at radius 2 is 2.19 bits per heavy atom. The quantitative estimate of drug-likeness (QED) is 0.573. The number of fused-ring (bicyclic) bond motifs is 1. The molecule has 0 saturated carbocycles. The Morgan fingerprint density at radius 3 is 2.77 bits per heavy atom. The predicted molar refractivity (Wildman–Crippen MR) is 99.6 cm³/mol. The summed E-state index contributed by atoms with van der Waals surface area (Å²) in [5.74, 6) is -2.24. The van der Waals surface area contributed by atoms with Crippen molar-refractivity contribution >= 4 is 40.6 Å². The molecule has 1 aliphatic carbocycles. The van der Waals surface area contributed by atoms with Gasteiger partial charge >= 0.3 is 5.97 Å². The van der Waals surface area contributed by atoms with Crippen molar-refractivity contribution in [1.29, 1.82) is 0 Å². The van der Waals surface area contributed by atoms with E-state index < -0.39 is 11.8 Å². The van der Waals surface area contributed by atoms with E-state index in [1.807, 2.05) is 6.26 Å². The molecular formula is C18H16FNO4S2. The second kappa shape index (κ2) is 7.20. The van der Waals surface area contributed by atoms with Gasteiger partial charge in [0, 0.05) is 28.6 Å². The molecule has 26 heavy (non-hydrogen) atoms. The summed E-state index contributed by atoms with van der Waals surface area (Å²) < 4.78 is 21.3. The normalized spacial score (nSPS) is 16.8. The van der Waals surface area contributed by atoms with Crippen molar-refractivity contribution in [2.45, 2.75) is 24.0 Å². The SMILES string of the molecule is COC1=C(C(=O)c2csc(SC)c2)CC2=NC(C)=C(CC(=O)O)C2=C1F. The van der Waals surface area contributed by atoms with Crippen molar-refractivity contribution in [2.75, 3.05) is 13.4 Å². The monoisotopic (exact) mass is 393 g/mol. The van der Waals surface area contributed by atoms with Crippen LogP contribution in [-0.2, 0) is 9.53 Å². The molecule has 5 nitrogen and oxygen atoms in total. The number of aliphatic imine (C=N–C) groups is 1. The van der Waals surface area contributed by atoms with Crippen LogP contribution < -0.4 is 0 Å². The number of carboxylic acid groups (broad SMARTS) is 1. The number of rotatable bonds is 6. The standard InChI is InChI=1S/C18H16FNO4S2/c1-8-10(6-13(21)22)15-12(20-8)5-11(18(24-2)16(15)19)17(23)9-4-14(25-3)26-7-9/h4,7H,5-6H2,1-3H3,(H,21,22). The molecular weight excluding hydrogens is 377 g/mol. The number of nitrogens with zero attached hydrogens (tertiary/aromatic N) is 1. The Morgan fingerprint density at radius 1 is 1.46 bits per heavy atom. The number of carboxylic acids is 1. The van der Waals surface area contributed by atoms with Crippen molar-refractivity contribution in [1.82, 2.24) is 0 Å². The summed E-state index contributed by atoms with van der Waals surface area (Å²) in [6, 6.07) is 1.77. The average molecular weight is 393 g/mol. The molecule has 136 valence electrons. The number of thiophene rings is 1. The highest BCUT2D eigenvalue weighted by Gasteiger charge is 2.37. The van der Waals surface area contributed by atoms with E-state index in [1.165, 1.54) is 30.2 Å². The van der Waals surface area contributed by atoms with Crippen molar-refractivity contribution in [3.63, 3.8) is 0 Å². The molecule has 1 aromatic heterocycles. The van der Waals surface area contributed by atoms with Gasteiger partial charge in [0.1, 0.15) is 0 Å². The third-order valence-electron chi connectivity index (χ3n) is 4.21. The lowest BCUT2D eigenvalue weighted by Crippen LogP contribution is -2.20. The van der Waals surface area contributed by atoms with Gasteiger partial charge in [0.2, 0.25) is 0 Å². The summed E-state index contributed by atoms with van der Waals surface area (Å²) in [6.07, 6.45) is 1.69. The summed E-state index contributed by atoms with van der Waals surface area (Å²) in [5.41, 5.74) is 1.98. The largest absolute Gasteiger partial charge is 0.493 e. The number of halogens is 1. The lowest BCUT2D eigenvalue weighted by atomic mass is 9.86. The molecule has 3 rings (SSSR count). The molecule has 0 aromatic carbocycles. The molecule has 1 aliphatic heterocycles. The number of ketones is 1. The highest BCUT2D eigenvalue weighted by Crippen LogP contribution is 2.41. The number of methoxy groups -OCH3 is 1. The number of carbonyl (C=O) groups is 2. The molecule has 0 bridgehead atoms. The van der Waals surface area contributed by atoms with Crippen LogP contribution >= 0.6 is 23.1 Å². The van der Waals surface area contributed by atoms with Crippen LogP contribution in [0.3, 0.4) is 0 Å². The highest BCUT2D eigenvalue weighted by molar-refractivity contribution is 8.00. The van der Waals surface area contributed by atoms with E-state index in [0.717, 1.165) is 4.21 Å². The van der Waals surface area contributed by atoms with E-state index in [0.29, 0.717) is 22.5 Å². The molecule has 2 heterocycles. The molecule has 0 spiro atoms. The van der Waals surface area contributed by atoms with E-state index in [2.05, 4.69) is 4.99 Å². The van der Waals surface area contributed by atoms with Crippen molar-refractivity contribution in [3.05, 3.63) is 51.0 Å². The number of carbonyl (C=O) groups excluding carboxylic acids is 1. The summed E-state index contributed by atoms with van der Waals surface area (Å²) in [4.78, 5) is 28.3. The van der Waals surface area contributed by atoms with Crippen LogP contribution in [0, 0.1) is 0 Å². The van der Waals surface area contributed by atoms with Gasteiger partial charge in [-0.1, -0.05) is 0 Å². The second-order valence-corrected chi connectivity index (χ2v) is 7.78. The number of thioether (sulfide) groups is 1. The van der Waals surface area contributed by atoms with Gasteiger partial charge in [-0.3, -0.25) is 14.6 Å². The number of hydrogen-bond donors (Lipinski definition) is 1. The molecule has 2 aliphatic rings. The molecule has 0 amide bonds. The van der Waals surface area contributed by atoms with Gasteiger partial charge in [0.25, 0.3) is 0 Å². The number of Topliss-reactive ketones (excluding diaryl/α,β-unsaturated/α-hetero) is 1. The van der Waals surface area contributed by atoms with Gasteiger partial charge in [0.05, 0.1) is 29.0 Å². The molecule has 1 aromatic rings. The van der Waals surface area contributed by atoms with Gasteiger partial charge in [-0.2, -0.15) is 0 Å². The number of aliphatic carboxylic acids is 1. The van der Waals surface area contributed by atoms with E-state index in [9.17, 15) is 9.59 Å². The summed E-state index contributed by atoms with van der Waals surface area (Å²) in [5, 5.41) is 10.8. The molecule has 0 radical (unpaired) electrons. The Labute approximate surface area is 158 Å². The van der Waals surface area contributed by atoms with Crippen LogP contribution in [-0.4, -0.2) is 35.9 Å². The van der Waals surface area contributed by atoms with Gasteiger partial charge in [0.15, 0.2) is 17.4 Å². The Balaban J connectivity index is 2.06. The summed E-state index contributed by atoms with van der Waals surface area (Å²) >= 11 is 2.98. The zero-order chi connectivity index (χ0) is 19.0. The Bertz CT molecular complexity index is 937. The van der Waals surface area contributed by atoms with Gasteiger partial charge in [-0.25, -0.2) is 4.39 Å². The number of hydrogen-bond acceptors (Lipinski definition) is 6. The molecule has 0 atom stereocenters. The van der Waals surface area contributed by atoms with E-state index in [4.69, 9.17) is 9.84 Å². The lowest BCUT2D eigenvalue weighted by molar-refractivity contribution is -0.136. The maximum Gasteiger partial charge on any atom is 0.307 e. The van der Waals surface area contributed by atoms with E-state index in [-0.39, 0.29) is 35.5 Å². The lowest BCUT2D eigenvalue weighted by Gasteiger charge is -2.20. The maximum absolute atomic E-state index is 15.1. The average Bonchev–Trinajstić information content (AvgIpc) is 3.19. The first-order chi connectivity index (χ1) is 12.4. The third kappa shape index (κ3) is 3.14. The van der Waals surface area contributed by atoms with Crippen LogP contribution in [0.5, 0.6) is 0 Å². The van der Waals surface area contributed by atoms with Crippen LogP contribution in [0.15, 0.2) is 54.7 Å². The minimum Gasteiger partial charge on any atom is -0.493 e.